The highest BCUT2D eigenvalue weighted by atomic mass is 35.5. The van der Waals surface area contributed by atoms with E-state index >= 15 is 0 Å². The van der Waals surface area contributed by atoms with E-state index < -0.39 is 5.38 Å². The van der Waals surface area contributed by atoms with E-state index in [1.54, 1.807) is 6.92 Å². The lowest BCUT2D eigenvalue weighted by Gasteiger charge is -2.00. The largest absolute Gasteiger partial charge is 0.299 e. The number of carbonyl (C=O) groups is 1. The summed E-state index contributed by atoms with van der Waals surface area (Å²) < 4.78 is 0. The van der Waals surface area contributed by atoms with Crippen LogP contribution in [0.1, 0.15) is 11.9 Å². The van der Waals surface area contributed by atoms with E-state index in [9.17, 15) is 4.79 Å². The lowest BCUT2D eigenvalue weighted by atomic mass is 10.4. The number of anilines is 1. The second-order valence-corrected chi connectivity index (χ2v) is 4.07. The maximum atomic E-state index is 11.0. The van der Waals surface area contributed by atoms with Crippen LogP contribution in [0.15, 0.2) is 0 Å². The van der Waals surface area contributed by atoms with Crippen LogP contribution < -0.4 is 5.32 Å². The van der Waals surface area contributed by atoms with Gasteiger partial charge in [0.15, 0.2) is 0 Å². The van der Waals surface area contributed by atoms with Gasteiger partial charge in [0.2, 0.25) is 11.0 Å². The van der Waals surface area contributed by atoms with Crippen LogP contribution in [0.5, 0.6) is 0 Å². The average molecular weight is 206 g/mol. The maximum absolute atomic E-state index is 11.0. The van der Waals surface area contributed by atoms with Gasteiger partial charge in [-0.1, -0.05) is 11.3 Å². The van der Waals surface area contributed by atoms with Gasteiger partial charge in [-0.3, -0.25) is 10.1 Å². The summed E-state index contributed by atoms with van der Waals surface area (Å²) in [6.45, 7) is 3.42. The highest BCUT2D eigenvalue weighted by molar-refractivity contribution is 7.15. The minimum atomic E-state index is -0.547. The monoisotopic (exact) mass is 205 g/mol. The molecular weight excluding hydrogens is 198 g/mol. The van der Waals surface area contributed by atoms with Gasteiger partial charge in [0.05, 0.1) is 0 Å². The van der Waals surface area contributed by atoms with Gasteiger partial charge in [-0.25, -0.2) is 0 Å². The number of hydrogen-bond donors (Lipinski definition) is 1. The normalized spacial score (nSPS) is 12.6. The molecule has 0 saturated heterocycles. The minimum absolute atomic E-state index is 0.257. The zero-order valence-electron chi connectivity index (χ0n) is 6.67. The molecule has 1 heterocycles. The summed E-state index contributed by atoms with van der Waals surface area (Å²) in [7, 11) is 0. The fraction of sp³-hybridized carbons (Fsp3) is 0.500. The number of amides is 1. The van der Waals surface area contributed by atoms with E-state index in [1.807, 2.05) is 6.92 Å². The van der Waals surface area contributed by atoms with E-state index in [0.717, 1.165) is 5.01 Å². The van der Waals surface area contributed by atoms with Crippen LogP contribution in [0.4, 0.5) is 5.13 Å². The summed E-state index contributed by atoms with van der Waals surface area (Å²) in [5.74, 6) is -0.257. The number of aryl methyl sites for hydroxylation is 1. The van der Waals surface area contributed by atoms with Crippen molar-refractivity contribution >= 4 is 34.0 Å². The van der Waals surface area contributed by atoms with Crippen molar-refractivity contribution in [3.8, 4) is 0 Å². The van der Waals surface area contributed by atoms with Crippen LogP contribution in [0.25, 0.3) is 0 Å². The fourth-order valence-electron chi connectivity index (χ4n) is 0.552. The molecule has 0 radical (unpaired) electrons. The predicted molar refractivity (Wildman–Crippen MR) is 48.6 cm³/mol. The van der Waals surface area contributed by atoms with Gasteiger partial charge < -0.3 is 0 Å². The number of halogens is 1. The lowest BCUT2D eigenvalue weighted by molar-refractivity contribution is -0.115. The summed E-state index contributed by atoms with van der Waals surface area (Å²) in [5.41, 5.74) is 0. The van der Waals surface area contributed by atoms with Crippen molar-refractivity contribution in [2.45, 2.75) is 19.2 Å². The third-order valence-corrected chi connectivity index (χ3v) is 2.07. The molecule has 0 aliphatic carbocycles. The first kappa shape index (κ1) is 9.41. The Morgan fingerprint density at radius 1 is 1.67 bits per heavy atom. The highest BCUT2D eigenvalue weighted by Crippen LogP contribution is 2.14. The summed E-state index contributed by atoms with van der Waals surface area (Å²) in [5, 5.41) is 10.7. The van der Waals surface area contributed by atoms with Crippen molar-refractivity contribution < 1.29 is 4.79 Å². The quantitative estimate of drug-likeness (QED) is 0.743. The highest BCUT2D eigenvalue weighted by Gasteiger charge is 2.10. The zero-order valence-corrected chi connectivity index (χ0v) is 8.24. The Hall–Kier alpha value is -0.680. The van der Waals surface area contributed by atoms with Gasteiger partial charge >= 0.3 is 0 Å². The Labute approximate surface area is 79.0 Å². The summed E-state index contributed by atoms with van der Waals surface area (Å²) >= 11 is 6.85. The summed E-state index contributed by atoms with van der Waals surface area (Å²) in [4.78, 5) is 11.0. The Morgan fingerprint density at radius 3 is 2.75 bits per heavy atom. The molecule has 0 aliphatic heterocycles. The number of alkyl halides is 1. The molecule has 1 aromatic rings. The van der Waals surface area contributed by atoms with Crippen LogP contribution in [0.2, 0.25) is 0 Å². The first-order valence-electron chi connectivity index (χ1n) is 3.34. The number of nitrogens with one attached hydrogen (secondary N) is 1. The Morgan fingerprint density at radius 2 is 2.33 bits per heavy atom. The van der Waals surface area contributed by atoms with Crippen LogP contribution in [0.3, 0.4) is 0 Å². The Bertz CT molecular complexity index is 286. The zero-order chi connectivity index (χ0) is 9.14. The molecule has 1 amide bonds. The first-order valence-corrected chi connectivity index (χ1v) is 4.60. The van der Waals surface area contributed by atoms with Gasteiger partial charge in [-0.15, -0.1) is 21.8 Å². The Kier molecular flexibility index (Phi) is 2.99. The molecular formula is C6H8ClN3OS. The molecule has 0 aromatic carbocycles. The van der Waals surface area contributed by atoms with Gasteiger partial charge in [0.1, 0.15) is 10.4 Å². The second kappa shape index (κ2) is 3.82. The molecule has 0 bridgehead atoms. The SMILES string of the molecule is Cc1nnc(NC(=O)C(C)Cl)s1. The van der Waals surface area contributed by atoms with Crippen LogP contribution >= 0.6 is 22.9 Å². The molecule has 1 N–H and O–H groups in total. The maximum Gasteiger partial charge on any atom is 0.243 e. The molecule has 12 heavy (non-hydrogen) atoms. The van der Waals surface area contributed by atoms with E-state index in [0.29, 0.717) is 5.13 Å². The molecule has 0 aliphatic rings. The molecule has 1 atom stereocenters. The minimum Gasteiger partial charge on any atom is -0.299 e. The molecule has 66 valence electrons. The topological polar surface area (TPSA) is 54.9 Å². The van der Waals surface area contributed by atoms with E-state index in [-0.39, 0.29) is 5.91 Å². The molecule has 0 saturated carbocycles. The van der Waals surface area contributed by atoms with Crippen LogP contribution in [-0.2, 0) is 4.79 Å². The van der Waals surface area contributed by atoms with Crippen molar-refractivity contribution in [1.29, 1.82) is 0 Å². The van der Waals surface area contributed by atoms with E-state index in [2.05, 4.69) is 15.5 Å². The summed E-state index contributed by atoms with van der Waals surface area (Å²) in [6, 6.07) is 0. The van der Waals surface area contributed by atoms with Crippen LogP contribution in [-0.4, -0.2) is 21.5 Å². The van der Waals surface area contributed by atoms with E-state index in [1.165, 1.54) is 11.3 Å². The molecule has 6 heteroatoms. The number of carbonyl (C=O) groups excluding carboxylic acids is 1. The summed E-state index contributed by atoms with van der Waals surface area (Å²) in [6.07, 6.45) is 0. The van der Waals surface area contributed by atoms with Crippen LogP contribution in [0, 0.1) is 6.92 Å². The van der Waals surface area contributed by atoms with Gasteiger partial charge in [-0.05, 0) is 13.8 Å². The predicted octanol–water partition coefficient (Wildman–Crippen LogP) is 1.41. The molecule has 4 nitrogen and oxygen atoms in total. The average Bonchev–Trinajstić information content (AvgIpc) is 2.35. The molecule has 0 spiro atoms. The van der Waals surface area contributed by atoms with Crippen molar-refractivity contribution in [3.05, 3.63) is 5.01 Å². The molecule has 1 aromatic heterocycles. The number of aromatic nitrogens is 2. The Balaban J connectivity index is 2.58. The number of nitrogens with zero attached hydrogens (tertiary/aromatic N) is 2. The second-order valence-electron chi connectivity index (χ2n) is 2.23. The molecule has 0 fully saturated rings. The van der Waals surface area contributed by atoms with E-state index in [4.69, 9.17) is 11.6 Å². The first-order chi connectivity index (χ1) is 5.59. The smallest absolute Gasteiger partial charge is 0.243 e. The van der Waals surface area contributed by atoms with Crippen molar-refractivity contribution in [1.82, 2.24) is 10.2 Å². The van der Waals surface area contributed by atoms with Gasteiger partial charge in [0, 0.05) is 0 Å². The lowest BCUT2D eigenvalue weighted by Crippen LogP contribution is -2.20. The fourth-order valence-corrected chi connectivity index (χ4v) is 1.20. The van der Waals surface area contributed by atoms with Gasteiger partial charge in [0.25, 0.3) is 0 Å². The standard InChI is InChI=1S/C6H8ClN3OS/c1-3(7)5(11)8-6-10-9-4(2)12-6/h3H,1-2H3,(H,8,10,11). The number of hydrogen-bond acceptors (Lipinski definition) is 4. The van der Waals surface area contributed by atoms with Gasteiger partial charge in [-0.2, -0.15) is 0 Å². The molecule has 1 rings (SSSR count). The van der Waals surface area contributed by atoms with Crippen molar-refractivity contribution in [2.24, 2.45) is 0 Å². The third kappa shape index (κ3) is 2.42. The van der Waals surface area contributed by atoms with Crippen molar-refractivity contribution in [2.75, 3.05) is 5.32 Å². The van der Waals surface area contributed by atoms with Crippen molar-refractivity contribution in [3.63, 3.8) is 0 Å². The third-order valence-electron chi connectivity index (χ3n) is 1.12. The number of rotatable bonds is 2. The molecule has 1 unspecified atom stereocenters.